The van der Waals surface area contributed by atoms with E-state index in [1.54, 1.807) is 7.11 Å². The van der Waals surface area contributed by atoms with Gasteiger partial charge in [-0.25, -0.2) is 9.97 Å². The molecule has 1 aromatic carbocycles. The number of thiazole rings is 1. The standard InChI is InChI=1S/C22H18N6OS/c1-12-7-15(13(2)28(12)22-20(11-24)25-14(3)30-22)8-16(10-23)21-26-18-6-5-17(29-4)9-19(18)27-21/h5-9H,1-4H3,(H,26,27)/b16-8+. The SMILES string of the molecule is COc1ccc2[nH]c(/C(C#N)=C/c3cc(C)n(-c4sc(C)nc4C#N)c3C)nc2c1. The number of aryl methyl sites for hydroxylation is 2. The van der Waals surface area contributed by atoms with Crippen molar-refractivity contribution < 1.29 is 4.74 Å². The van der Waals surface area contributed by atoms with Crippen molar-refractivity contribution in [1.82, 2.24) is 19.5 Å². The number of nitrogens with one attached hydrogen (secondary N) is 1. The van der Waals surface area contributed by atoms with E-state index in [4.69, 9.17) is 4.74 Å². The molecule has 3 aromatic heterocycles. The second kappa shape index (κ2) is 7.51. The smallest absolute Gasteiger partial charge is 0.176 e. The number of fused-ring (bicyclic) bond motifs is 1. The molecule has 148 valence electrons. The van der Waals surface area contributed by atoms with Crippen molar-refractivity contribution in [2.75, 3.05) is 7.11 Å². The van der Waals surface area contributed by atoms with Gasteiger partial charge in [0.2, 0.25) is 0 Å². The Morgan fingerprint density at radius 2 is 2.00 bits per heavy atom. The van der Waals surface area contributed by atoms with Crippen LogP contribution in [0.25, 0.3) is 27.7 Å². The van der Waals surface area contributed by atoms with Gasteiger partial charge in [-0.05, 0) is 50.6 Å². The summed E-state index contributed by atoms with van der Waals surface area (Å²) in [7, 11) is 1.60. The van der Waals surface area contributed by atoms with E-state index in [1.165, 1.54) is 11.3 Å². The number of benzene rings is 1. The maximum atomic E-state index is 9.78. The summed E-state index contributed by atoms with van der Waals surface area (Å²) in [6.45, 7) is 5.82. The summed E-state index contributed by atoms with van der Waals surface area (Å²) in [4.78, 5) is 12.1. The van der Waals surface area contributed by atoms with Gasteiger partial charge in [0.25, 0.3) is 0 Å². The number of allylic oxidation sites excluding steroid dienone is 1. The number of aromatic amines is 1. The molecule has 3 heterocycles. The molecule has 7 nitrogen and oxygen atoms in total. The second-order valence-electron chi connectivity index (χ2n) is 6.80. The van der Waals surface area contributed by atoms with Crippen molar-refractivity contribution in [3.8, 4) is 22.9 Å². The lowest BCUT2D eigenvalue weighted by atomic mass is 10.1. The summed E-state index contributed by atoms with van der Waals surface area (Å²) in [5.74, 6) is 1.21. The monoisotopic (exact) mass is 414 g/mol. The van der Waals surface area contributed by atoms with Gasteiger partial charge in [-0.15, -0.1) is 0 Å². The minimum absolute atomic E-state index is 0.404. The van der Waals surface area contributed by atoms with Gasteiger partial charge in [0.1, 0.15) is 28.7 Å². The van der Waals surface area contributed by atoms with Gasteiger partial charge in [0.05, 0.1) is 28.7 Å². The molecule has 0 radical (unpaired) electrons. The van der Waals surface area contributed by atoms with E-state index in [2.05, 4.69) is 27.1 Å². The van der Waals surface area contributed by atoms with Crippen LogP contribution in [0.2, 0.25) is 0 Å². The Morgan fingerprint density at radius 1 is 1.20 bits per heavy atom. The Balaban J connectivity index is 1.81. The highest BCUT2D eigenvalue weighted by atomic mass is 32.1. The maximum Gasteiger partial charge on any atom is 0.176 e. The molecule has 0 saturated heterocycles. The zero-order chi connectivity index (χ0) is 21.4. The van der Waals surface area contributed by atoms with E-state index in [-0.39, 0.29) is 0 Å². The topological polar surface area (TPSA) is 103 Å². The fourth-order valence-electron chi connectivity index (χ4n) is 3.44. The van der Waals surface area contributed by atoms with Crippen LogP contribution in [0.1, 0.15) is 33.5 Å². The van der Waals surface area contributed by atoms with Gasteiger partial charge in [0, 0.05) is 17.5 Å². The lowest BCUT2D eigenvalue weighted by Gasteiger charge is -2.06. The van der Waals surface area contributed by atoms with Crippen molar-refractivity contribution in [2.24, 2.45) is 0 Å². The van der Waals surface area contributed by atoms with E-state index >= 15 is 0 Å². The molecule has 1 N–H and O–H groups in total. The first-order chi connectivity index (χ1) is 14.4. The predicted octanol–water partition coefficient (Wildman–Crippen LogP) is 4.68. The van der Waals surface area contributed by atoms with Gasteiger partial charge in [-0.3, -0.25) is 0 Å². The Hall–Kier alpha value is -3.88. The zero-order valence-electron chi connectivity index (χ0n) is 16.9. The lowest BCUT2D eigenvalue weighted by molar-refractivity contribution is 0.415. The largest absolute Gasteiger partial charge is 0.497 e. The first-order valence-electron chi connectivity index (χ1n) is 9.18. The summed E-state index contributed by atoms with van der Waals surface area (Å²) in [5, 5.41) is 20.8. The molecular formula is C22H18N6OS. The van der Waals surface area contributed by atoms with Crippen LogP contribution in [0.3, 0.4) is 0 Å². The molecule has 8 heteroatoms. The van der Waals surface area contributed by atoms with Gasteiger partial charge >= 0.3 is 0 Å². The number of ether oxygens (including phenoxy) is 1. The number of hydrogen-bond acceptors (Lipinski definition) is 6. The van der Waals surface area contributed by atoms with Crippen LogP contribution in [0.4, 0.5) is 0 Å². The van der Waals surface area contributed by atoms with Crippen LogP contribution in [0, 0.1) is 43.4 Å². The number of nitrogens with zero attached hydrogens (tertiary/aromatic N) is 5. The number of H-pyrrole nitrogens is 1. The molecule has 0 saturated carbocycles. The van der Waals surface area contributed by atoms with Crippen molar-refractivity contribution in [3.63, 3.8) is 0 Å². The third-order valence-corrected chi connectivity index (χ3v) is 5.82. The third-order valence-electron chi connectivity index (χ3n) is 4.86. The molecule has 30 heavy (non-hydrogen) atoms. The average Bonchev–Trinajstić information content (AvgIpc) is 3.40. The Labute approximate surface area is 177 Å². The molecule has 0 atom stereocenters. The van der Waals surface area contributed by atoms with Crippen LogP contribution >= 0.6 is 11.3 Å². The summed E-state index contributed by atoms with van der Waals surface area (Å²) in [5.41, 5.74) is 5.17. The molecule has 0 aliphatic rings. The highest BCUT2D eigenvalue weighted by Gasteiger charge is 2.17. The molecule has 0 unspecified atom stereocenters. The molecular weight excluding hydrogens is 396 g/mol. The lowest BCUT2D eigenvalue weighted by Crippen LogP contribution is -1.99. The van der Waals surface area contributed by atoms with Crippen molar-refractivity contribution in [1.29, 1.82) is 10.5 Å². The number of nitriles is 2. The number of imidazole rings is 1. The first-order valence-corrected chi connectivity index (χ1v) is 9.99. The molecule has 4 rings (SSSR count). The van der Waals surface area contributed by atoms with Gasteiger partial charge in [0.15, 0.2) is 5.69 Å². The molecule has 0 bridgehead atoms. The normalized spacial score (nSPS) is 11.5. The number of hydrogen-bond donors (Lipinski definition) is 1. The fourth-order valence-corrected chi connectivity index (χ4v) is 4.41. The first kappa shape index (κ1) is 19.4. The van der Waals surface area contributed by atoms with Crippen LogP contribution in [0.5, 0.6) is 5.75 Å². The van der Waals surface area contributed by atoms with Crippen LogP contribution in [-0.4, -0.2) is 26.6 Å². The van der Waals surface area contributed by atoms with Crippen LogP contribution in [-0.2, 0) is 0 Å². The fraction of sp³-hybridized carbons (Fsp3) is 0.182. The maximum absolute atomic E-state index is 9.78. The van der Waals surface area contributed by atoms with Crippen molar-refractivity contribution >= 4 is 34.0 Å². The molecule has 0 aliphatic carbocycles. The Kier molecular flexibility index (Phi) is 4.86. The molecule has 0 aliphatic heterocycles. The quantitative estimate of drug-likeness (QED) is 0.488. The van der Waals surface area contributed by atoms with Crippen molar-refractivity contribution in [3.05, 3.63) is 57.7 Å². The summed E-state index contributed by atoms with van der Waals surface area (Å²) >= 11 is 1.47. The molecule has 0 fully saturated rings. The Bertz CT molecular complexity index is 1390. The Morgan fingerprint density at radius 3 is 2.70 bits per heavy atom. The highest BCUT2D eigenvalue weighted by molar-refractivity contribution is 7.14. The summed E-state index contributed by atoms with van der Waals surface area (Å²) in [6, 6.07) is 12.0. The number of aromatic nitrogens is 4. The van der Waals surface area contributed by atoms with Crippen LogP contribution < -0.4 is 4.74 Å². The average molecular weight is 414 g/mol. The molecule has 0 amide bonds. The van der Waals surface area contributed by atoms with Gasteiger partial charge in [-0.1, -0.05) is 11.3 Å². The van der Waals surface area contributed by atoms with Crippen LogP contribution in [0.15, 0.2) is 24.3 Å². The second-order valence-corrected chi connectivity index (χ2v) is 7.98. The van der Waals surface area contributed by atoms with Crippen molar-refractivity contribution in [2.45, 2.75) is 20.8 Å². The number of rotatable bonds is 4. The van der Waals surface area contributed by atoms with E-state index in [0.717, 1.165) is 38.0 Å². The molecule has 4 aromatic rings. The van der Waals surface area contributed by atoms with E-state index < -0.39 is 0 Å². The predicted molar refractivity (Wildman–Crippen MR) is 116 cm³/mol. The number of methoxy groups -OCH3 is 1. The highest BCUT2D eigenvalue weighted by Crippen LogP contribution is 2.30. The minimum Gasteiger partial charge on any atom is -0.497 e. The molecule has 0 spiro atoms. The van der Waals surface area contributed by atoms with Gasteiger partial charge < -0.3 is 14.3 Å². The third kappa shape index (κ3) is 3.24. The zero-order valence-corrected chi connectivity index (χ0v) is 17.8. The van der Waals surface area contributed by atoms with E-state index in [1.807, 2.05) is 55.7 Å². The van der Waals surface area contributed by atoms with Gasteiger partial charge in [-0.2, -0.15) is 10.5 Å². The van der Waals surface area contributed by atoms with E-state index in [0.29, 0.717) is 22.8 Å². The van der Waals surface area contributed by atoms with E-state index in [9.17, 15) is 10.5 Å². The summed E-state index contributed by atoms with van der Waals surface area (Å²) < 4.78 is 7.25. The minimum atomic E-state index is 0.404. The summed E-state index contributed by atoms with van der Waals surface area (Å²) in [6.07, 6.45) is 1.81.